The fourth-order valence-corrected chi connectivity index (χ4v) is 1.88. The summed E-state index contributed by atoms with van der Waals surface area (Å²) in [5, 5.41) is 24.6. The molecule has 1 atom stereocenters. The van der Waals surface area contributed by atoms with Crippen molar-refractivity contribution < 1.29 is 10.2 Å². The van der Waals surface area contributed by atoms with Crippen LogP contribution in [0.25, 0.3) is 0 Å². The van der Waals surface area contributed by atoms with Crippen LogP contribution in [-0.2, 0) is 6.42 Å². The average molecular weight is 240 g/mol. The van der Waals surface area contributed by atoms with Gasteiger partial charge in [-0.2, -0.15) is 5.10 Å². The molecule has 0 aliphatic carbocycles. The Bertz CT molecular complexity index is 343. The number of aromatic nitrogens is 2. The van der Waals surface area contributed by atoms with E-state index in [0.717, 1.165) is 5.69 Å². The van der Waals surface area contributed by atoms with Crippen molar-refractivity contribution in [3.8, 4) is 0 Å². The monoisotopic (exact) mass is 240 g/mol. The molecule has 0 fully saturated rings. The maximum atomic E-state index is 10.2. The van der Waals surface area contributed by atoms with Gasteiger partial charge in [0.25, 0.3) is 0 Å². The van der Waals surface area contributed by atoms with E-state index >= 15 is 0 Å². The summed E-state index contributed by atoms with van der Waals surface area (Å²) in [5.41, 5.74) is -0.173. The second kappa shape index (κ2) is 5.65. The normalized spacial score (nSPS) is 14.3. The number of nitrogens with zero attached hydrogens (tertiary/aromatic N) is 2. The smallest absolute Gasteiger partial charge is 0.0904 e. The highest BCUT2D eigenvalue weighted by Crippen LogP contribution is 2.22. The average Bonchev–Trinajstić information content (AvgIpc) is 2.76. The molecular formula is C13H24N2O2. The van der Waals surface area contributed by atoms with E-state index < -0.39 is 11.7 Å². The van der Waals surface area contributed by atoms with Crippen molar-refractivity contribution in [1.29, 1.82) is 0 Å². The lowest BCUT2D eigenvalue weighted by atomic mass is 9.88. The van der Waals surface area contributed by atoms with Crippen LogP contribution in [0.2, 0.25) is 0 Å². The molecular weight excluding hydrogens is 216 g/mol. The van der Waals surface area contributed by atoms with E-state index in [9.17, 15) is 10.2 Å². The molecule has 0 aliphatic heterocycles. The van der Waals surface area contributed by atoms with Crippen molar-refractivity contribution in [3.63, 3.8) is 0 Å². The second-order valence-corrected chi connectivity index (χ2v) is 4.91. The third-order valence-electron chi connectivity index (χ3n) is 3.44. The number of hydrogen-bond donors (Lipinski definition) is 2. The van der Waals surface area contributed by atoms with Gasteiger partial charge < -0.3 is 10.2 Å². The van der Waals surface area contributed by atoms with Crippen LogP contribution in [0.1, 0.15) is 52.3 Å². The van der Waals surface area contributed by atoms with Crippen LogP contribution in [0.3, 0.4) is 0 Å². The van der Waals surface area contributed by atoms with Gasteiger partial charge in [0.15, 0.2) is 0 Å². The summed E-state index contributed by atoms with van der Waals surface area (Å²) in [5.74, 6) is 0. The molecule has 1 aromatic heterocycles. The number of rotatable bonds is 6. The van der Waals surface area contributed by atoms with Gasteiger partial charge >= 0.3 is 0 Å². The molecule has 1 rings (SSSR count). The Morgan fingerprint density at radius 1 is 1.35 bits per heavy atom. The molecule has 0 amide bonds. The second-order valence-electron chi connectivity index (χ2n) is 4.91. The minimum Gasteiger partial charge on any atom is -0.390 e. The summed E-state index contributed by atoms with van der Waals surface area (Å²) in [4.78, 5) is 0. The molecule has 17 heavy (non-hydrogen) atoms. The summed E-state index contributed by atoms with van der Waals surface area (Å²) in [6.45, 7) is 7.89. The van der Waals surface area contributed by atoms with Crippen molar-refractivity contribution in [2.24, 2.45) is 0 Å². The van der Waals surface area contributed by atoms with Crippen molar-refractivity contribution in [3.05, 3.63) is 18.0 Å². The molecule has 2 N–H and O–H groups in total. The third-order valence-corrected chi connectivity index (χ3v) is 3.44. The van der Waals surface area contributed by atoms with Gasteiger partial charge in [0, 0.05) is 18.7 Å². The molecule has 4 heteroatoms. The zero-order chi connectivity index (χ0) is 13.1. The summed E-state index contributed by atoms with van der Waals surface area (Å²) in [6.07, 6.45) is 2.65. The standard InChI is InChI=1S/C13H24N2O2/c1-5-13(17,6-2)12(16)9-11-7-8-15(14-11)10(3)4/h7-8,10,12,16-17H,5-6,9H2,1-4H3. The van der Waals surface area contributed by atoms with Crippen LogP contribution >= 0.6 is 0 Å². The minimum absolute atomic E-state index is 0.317. The van der Waals surface area contributed by atoms with E-state index in [0.29, 0.717) is 25.3 Å². The Morgan fingerprint density at radius 2 is 1.94 bits per heavy atom. The van der Waals surface area contributed by atoms with Crippen LogP contribution in [0, 0.1) is 0 Å². The van der Waals surface area contributed by atoms with E-state index in [-0.39, 0.29) is 0 Å². The lowest BCUT2D eigenvalue weighted by Crippen LogP contribution is -2.42. The van der Waals surface area contributed by atoms with E-state index in [4.69, 9.17) is 0 Å². The highest BCUT2D eigenvalue weighted by Gasteiger charge is 2.32. The highest BCUT2D eigenvalue weighted by atomic mass is 16.3. The zero-order valence-corrected chi connectivity index (χ0v) is 11.2. The summed E-state index contributed by atoms with van der Waals surface area (Å²) in [7, 11) is 0. The van der Waals surface area contributed by atoms with Crippen molar-refractivity contribution in [2.45, 2.75) is 64.7 Å². The lowest BCUT2D eigenvalue weighted by Gasteiger charge is -2.30. The Labute approximate surface area is 103 Å². The van der Waals surface area contributed by atoms with Crippen molar-refractivity contribution in [1.82, 2.24) is 9.78 Å². The van der Waals surface area contributed by atoms with Crippen LogP contribution < -0.4 is 0 Å². The van der Waals surface area contributed by atoms with Gasteiger partial charge in [-0.1, -0.05) is 13.8 Å². The SMILES string of the molecule is CCC(O)(CC)C(O)Cc1ccn(C(C)C)n1. The third kappa shape index (κ3) is 3.30. The fraction of sp³-hybridized carbons (Fsp3) is 0.769. The maximum absolute atomic E-state index is 10.2. The van der Waals surface area contributed by atoms with Gasteiger partial charge in [-0.3, -0.25) is 4.68 Å². The summed E-state index contributed by atoms with van der Waals surface area (Å²) in [6, 6.07) is 2.21. The van der Waals surface area contributed by atoms with E-state index in [2.05, 4.69) is 18.9 Å². The van der Waals surface area contributed by atoms with Gasteiger partial charge in [-0.15, -0.1) is 0 Å². The minimum atomic E-state index is -0.998. The molecule has 1 aromatic rings. The van der Waals surface area contributed by atoms with Gasteiger partial charge in [0.05, 0.1) is 17.4 Å². The molecule has 0 bridgehead atoms. The van der Waals surface area contributed by atoms with Crippen LogP contribution in [0.5, 0.6) is 0 Å². The first-order valence-corrected chi connectivity index (χ1v) is 6.37. The Balaban J connectivity index is 2.70. The fourth-order valence-electron chi connectivity index (χ4n) is 1.88. The van der Waals surface area contributed by atoms with Crippen LogP contribution in [-0.4, -0.2) is 31.7 Å². The Kier molecular flexibility index (Phi) is 4.71. The predicted octanol–water partition coefficient (Wildman–Crippen LogP) is 1.92. The molecule has 1 unspecified atom stereocenters. The molecule has 0 aliphatic rings. The Hall–Kier alpha value is -0.870. The molecule has 1 heterocycles. The quantitative estimate of drug-likeness (QED) is 0.798. The number of aliphatic hydroxyl groups is 2. The summed E-state index contributed by atoms with van der Waals surface area (Å²) < 4.78 is 1.86. The zero-order valence-electron chi connectivity index (χ0n) is 11.2. The number of hydrogen-bond acceptors (Lipinski definition) is 3. The first-order valence-electron chi connectivity index (χ1n) is 6.37. The van der Waals surface area contributed by atoms with E-state index in [1.165, 1.54) is 0 Å². The molecule has 0 aromatic carbocycles. The Morgan fingerprint density at radius 3 is 2.35 bits per heavy atom. The first-order chi connectivity index (χ1) is 7.92. The molecule has 0 radical (unpaired) electrons. The molecule has 0 saturated carbocycles. The van der Waals surface area contributed by atoms with Gasteiger partial charge in [0.2, 0.25) is 0 Å². The predicted molar refractivity (Wildman–Crippen MR) is 67.9 cm³/mol. The lowest BCUT2D eigenvalue weighted by molar-refractivity contribution is -0.0794. The maximum Gasteiger partial charge on any atom is 0.0904 e. The van der Waals surface area contributed by atoms with Crippen LogP contribution in [0.15, 0.2) is 12.3 Å². The van der Waals surface area contributed by atoms with Crippen molar-refractivity contribution >= 4 is 0 Å². The highest BCUT2D eigenvalue weighted by molar-refractivity contribution is 5.03. The molecule has 98 valence electrons. The van der Waals surface area contributed by atoms with Gasteiger partial charge in [0.1, 0.15) is 0 Å². The van der Waals surface area contributed by atoms with E-state index in [1.54, 1.807) is 0 Å². The molecule has 4 nitrogen and oxygen atoms in total. The molecule has 0 saturated heterocycles. The molecule has 0 spiro atoms. The van der Waals surface area contributed by atoms with Crippen LogP contribution in [0.4, 0.5) is 0 Å². The van der Waals surface area contributed by atoms with E-state index in [1.807, 2.05) is 30.8 Å². The largest absolute Gasteiger partial charge is 0.390 e. The number of aliphatic hydroxyl groups excluding tert-OH is 1. The first kappa shape index (κ1) is 14.2. The summed E-state index contributed by atoms with van der Waals surface area (Å²) >= 11 is 0. The topological polar surface area (TPSA) is 58.3 Å². The van der Waals surface area contributed by atoms with Crippen molar-refractivity contribution in [2.75, 3.05) is 0 Å². The van der Waals surface area contributed by atoms with Gasteiger partial charge in [-0.25, -0.2) is 0 Å². The van der Waals surface area contributed by atoms with Gasteiger partial charge in [-0.05, 0) is 32.8 Å².